The van der Waals surface area contributed by atoms with Gasteiger partial charge in [0, 0.05) is 0 Å². The van der Waals surface area contributed by atoms with Gasteiger partial charge in [-0.15, -0.1) is 0 Å². The summed E-state index contributed by atoms with van der Waals surface area (Å²) >= 11 is 0. The summed E-state index contributed by atoms with van der Waals surface area (Å²) in [5, 5.41) is 0. The summed E-state index contributed by atoms with van der Waals surface area (Å²) in [4.78, 5) is 0.136. The van der Waals surface area contributed by atoms with Crippen molar-refractivity contribution in [1.82, 2.24) is 0 Å². The molecule has 0 radical (unpaired) electrons. The standard InChI is InChI=1S/C34H62O3S/c1-3-5-7-9-11-13-15-17-19-21-23-25-28-32-29-27-31-34(38(35,36)37)33(32)30-26-24-22-20-18-16-14-12-10-8-6-4-2/h27,29,31H,3-26,28,30H2,1-2H3,(H,35,36,37). The maximum absolute atomic E-state index is 12.1. The van der Waals surface area contributed by atoms with Gasteiger partial charge >= 0.3 is 0 Å². The van der Waals surface area contributed by atoms with Gasteiger partial charge in [-0.25, -0.2) is 0 Å². The molecule has 0 aliphatic heterocycles. The van der Waals surface area contributed by atoms with E-state index in [-0.39, 0.29) is 4.90 Å². The zero-order valence-corrected chi connectivity index (χ0v) is 26.1. The fourth-order valence-electron chi connectivity index (χ4n) is 5.67. The van der Waals surface area contributed by atoms with Crippen LogP contribution in [0.3, 0.4) is 0 Å². The molecule has 0 aliphatic carbocycles. The van der Waals surface area contributed by atoms with Crippen molar-refractivity contribution in [1.29, 1.82) is 0 Å². The smallest absolute Gasteiger partial charge is 0.282 e. The van der Waals surface area contributed by atoms with Crippen LogP contribution in [0.25, 0.3) is 0 Å². The van der Waals surface area contributed by atoms with E-state index in [4.69, 9.17) is 0 Å². The number of rotatable bonds is 27. The Morgan fingerprint density at radius 1 is 0.500 bits per heavy atom. The fraction of sp³-hybridized carbons (Fsp3) is 0.824. The minimum Gasteiger partial charge on any atom is -0.282 e. The first-order valence-electron chi connectivity index (χ1n) is 16.6. The lowest BCUT2D eigenvalue weighted by Crippen LogP contribution is -2.07. The predicted octanol–water partition coefficient (Wildman–Crippen LogP) is 11.4. The molecule has 1 N–H and O–H groups in total. The third-order valence-corrected chi connectivity index (χ3v) is 9.03. The van der Waals surface area contributed by atoms with Crippen molar-refractivity contribution in [2.45, 2.75) is 186 Å². The Balaban J connectivity index is 2.28. The van der Waals surface area contributed by atoms with Crippen molar-refractivity contribution in [3.05, 3.63) is 29.3 Å². The van der Waals surface area contributed by atoms with Gasteiger partial charge in [0.15, 0.2) is 0 Å². The highest BCUT2D eigenvalue weighted by atomic mass is 32.2. The SMILES string of the molecule is CCCCCCCCCCCCCCc1cccc(S(=O)(=O)O)c1CCCCCCCCCCCCCC. The first-order chi connectivity index (χ1) is 18.5. The third kappa shape index (κ3) is 18.4. The molecule has 1 aromatic carbocycles. The second-order valence-electron chi connectivity index (χ2n) is 11.6. The second kappa shape index (κ2) is 24.0. The number of aryl methyl sites for hydroxylation is 1. The maximum atomic E-state index is 12.1. The van der Waals surface area contributed by atoms with Gasteiger partial charge in [-0.2, -0.15) is 8.42 Å². The minimum absolute atomic E-state index is 0.136. The lowest BCUT2D eigenvalue weighted by molar-refractivity contribution is 0.481. The van der Waals surface area contributed by atoms with Gasteiger partial charge in [-0.3, -0.25) is 4.55 Å². The molecule has 0 aliphatic rings. The molecule has 0 unspecified atom stereocenters. The van der Waals surface area contributed by atoms with Crippen LogP contribution in [-0.4, -0.2) is 13.0 Å². The van der Waals surface area contributed by atoms with Crippen LogP contribution in [0.15, 0.2) is 23.1 Å². The van der Waals surface area contributed by atoms with E-state index in [0.29, 0.717) is 0 Å². The topological polar surface area (TPSA) is 54.4 Å². The number of hydrogen-bond donors (Lipinski definition) is 1. The summed E-state index contributed by atoms with van der Waals surface area (Å²) < 4.78 is 33.9. The summed E-state index contributed by atoms with van der Waals surface area (Å²) in [5.74, 6) is 0. The highest BCUT2D eigenvalue weighted by molar-refractivity contribution is 7.85. The van der Waals surface area contributed by atoms with E-state index >= 15 is 0 Å². The molecule has 0 heterocycles. The van der Waals surface area contributed by atoms with Gasteiger partial charge in [-0.05, 0) is 42.9 Å². The summed E-state index contributed by atoms with van der Waals surface area (Å²) in [6, 6.07) is 5.45. The largest absolute Gasteiger partial charge is 0.294 e. The molecule has 3 nitrogen and oxygen atoms in total. The van der Waals surface area contributed by atoms with Crippen LogP contribution in [0.1, 0.15) is 179 Å². The van der Waals surface area contributed by atoms with E-state index in [2.05, 4.69) is 19.9 Å². The van der Waals surface area contributed by atoms with Crippen LogP contribution in [0.4, 0.5) is 0 Å². The first kappa shape index (κ1) is 35.2. The minimum atomic E-state index is -4.18. The van der Waals surface area contributed by atoms with Crippen LogP contribution in [0.5, 0.6) is 0 Å². The molecule has 0 bridgehead atoms. The predicted molar refractivity (Wildman–Crippen MR) is 166 cm³/mol. The van der Waals surface area contributed by atoms with E-state index in [1.54, 1.807) is 12.1 Å². The Hall–Kier alpha value is -0.870. The Labute approximate surface area is 237 Å². The van der Waals surface area contributed by atoms with Gasteiger partial charge in [0.2, 0.25) is 0 Å². The molecule has 0 spiro atoms. The summed E-state index contributed by atoms with van der Waals surface area (Å²) in [6.07, 6.45) is 33.0. The molecule has 1 aromatic rings. The van der Waals surface area contributed by atoms with Gasteiger partial charge < -0.3 is 0 Å². The van der Waals surface area contributed by atoms with Crippen molar-refractivity contribution >= 4 is 10.1 Å². The molecule has 222 valence electrons. The average Bonchev–Trinajstić information content (AvgIpc) is 2.89. The number of benzene rings is 1. The first-order valence-corrected chi connectivity index (χ1v) is 18.0. The van der Waals surface area contributed by atoms with Crippen molar-refractivity contribution in [2.75, 3.05) is 0 Å². The summed E-state index contributed by atoms with van der Waals surface area (Å²) in [6.45, 7) is 4.54. The molecule has 0 atom stereocenters. The quantitative estimate of drug-likeness (QED) is 0.0875. The Morgan fingerprint density at radius 3 is 1.21 bits per heavy atom. The van der Waals surface area contributed by atoms with E-state index in [0.717, 1.165) is 43.2 Å². The zero-order valence-electron chi connectivity index (χ0n) is 25.3. The van der Waals surface area contributed by atoms with Gasteiger partial charge in [0.1, 0.15) is 0 Å². The Morgan fingerprint density at radius 2 is 0.842 bits per heavy atom. The van der Waals surface area contributed by atoms with Crippen LogP contribution in [-0.2, 0) is 23.0 Å². The number of unbranched alkanes of at least 4 members (excludes halogenated alkanes) is 22. The molecular weight excluding hydrogens is 488 g/mol. The molecule has 0 amide bonds. The van der Waals surface area contributed by atoms with E-state index in [1.807, 2.05) is 0 Å². The molecule has 4 heteroatoms. The monoisotopic (exact) mass is 550 g/mol. The number of hydrogen-bond acceptors (Lipinski definition) is 2. The highest BCUT2D eigenvalue weighted by Gasteiger charge is 2.17. The van der Waals surface area contributed by atoms with Gasteiger partial charge in [-0.1, -0.05) is 167 Å². The van der Waals surface area contributed by atoms with Gasteiger partial charge in [0.25, 0.3) is 10.1 Å². The van der Waals surface area contributed by atoms with Crippen molar-refractivity contribution in [3.63, 3.8) is 0 Å². The van der Waals surface area contributed by atoms with E-state index in [1.165, 1.54) is 135 Å². The Bertz CT molecular complexity index is 772. The third-order valence-electron chi connectivity index (χ3n) is 8.09. The Kier molecular flexibility index (Phi) is 22.2. The average molecular weight is 551 g/mol. The van der Waals surface area contributed by atoms with Crippen LogP contribution >= 0.6 is 0 Å². The highest BCUT2D eigenvalue weighted by Crippen LogP contribution is 2.25. The lowest BCUT2D eigenvalue weighted by Gasteiger charge is -2.14. The maximum Gasteiger partial charge on any atom is 0.294 e. The van der Waals surface area contributed by atoms with Crippen LogP contribution in [0.2, 0.25) is 0 Å². The van der Waals surface area contributed by atoms with Gasteiger partial charge in [0.05, 0.1) is 4.90 Å². The molecule has 0 saturated heterocycles. The van der Waals surface area contributed by atoms with Crippen LogP contribution < -0.4 is 0 Å². The van der Waals surface area contributed by atoms with E-state index < -0.39 is 10.1 Å². The van der Waals surface area contributed by atoms with Crippen molar-refractivity contribution in [3.8, 4) is 0 Å². The molecule has 0 saturated carbocycles. The molecule has 0 aromatic heterocycles. The lowest BCUT2D eigenvalue weighted by atomic mass is 9.96. The molecule has 0 fully saturated rings. The van der Waals surface area contributed by atoms with Crippen LogP contribution in [0, 0.1) is 0 Å². The molecular formula is C34H62O3S. The normalized spacial score (nSPS) is 11.9. The second-order valence-corrected chi connectivity index (χ2v) is 13.0. The summed E-state index contributed by atoms with van der Waals surface area (Å²) in [7, 11) is -4.18. The van der Waals surface area contributed by atoms with E-state index in [9.17, 15) is 13.0 Å². The molecule has 1 rings (SSSR count). The summed E-state index contributed by atoms with van der Waals surface area (Å²) in [5.41, 5.74) is 1.99. The van der Waals surface area contributed by atoms with Crippen molar-refractivity contribution in [2.24, 2.45) is 0 Å². The molecule has 38 heavy (non-hydrogen) atoms. The zero-order chi connectivity index (χ0) is 27.7. The van der Waals surface area contributed by atoms with Crippen molar-refractivity contribution < 1.29 is 13.0 Å². The fourth-order valence-corrected chi connectivity index (χ4v) is 6.47.